The Hall–Kier alpha value is -3.06. The molecule has 12 heteroatoms. The molecule has 0 aromatic rings. The topological polar surface area (TPSA) is 175 Å². The summed E-state index contributed by atoms with van der Waals surface area (Å²) in [6.07, 6.45) is 51.0. The van der Waals surface area contributed by atoms with Crippen LogP contribution in [0.25, 0.3) is 0 Å². The van der Waals surface area contributed by atoms with Crippen molar-refractivity contribution in [1.82, 2.24) is 0 Å². The van der Waals surface area contributed by atoms with Gasteiger partial charge in [-0.3, -0.25) is 14.4 Å². The molecule has 1 aliphatic heterocycles. The molecule has 77 heavy (non-hydrogen) atoms. The molecule has 6 unspecified atom stereocenters. The average molecular weight is 1090 g/mol. The molecular formula is C65H116O12. The van der Waals surface area contributed by atoms with Crippen molar-refractivity contribution in [3.63, 3.8) is 0 Å². The lowest BCUT2D eigenvalue weighted by Gasteiger charge is -2.40. The molecule has 448 valence electrons. The summed E-state index contributed by atoms with van der Waals surface area (Å²) in [5.41, 5.74) is 0. The maximum atomic E-state index is 13.2. The van der Waals surface area contributed by atoms with Gasteiger partial charge in [0.1, 0.15) is 18.8 Å². The summed E-state index contributed by atoms with van der Waals surface area (Å²) in [5, 5.41) is 31.6. The maximum Gasteiger partial charge on any atom is 0.335 e. The van der Waals surface area contributed by atoms with Gasteiger partial charge in [-0.2, -0.15) is 0 Å². The highest BCUT2D eigenvalue weighted by Crippen LogP contribution is 2.27. The molecule has 0 amide bonds. The Morgan fingerprint density at radius 2 is 0.779 bits per heavy atom. The second kappa shape index (κ2) is 53.6. The van der Waals surface area contributed by atoms with E-state index in [1.54, 1.807) is 0 Å². The molecule has 0 spiro atoms. The first kappa shape index (κ1) is 72.0. The molecule has 1 rings (SSSR count). The minimum Gasteiger partial charge on any atom is -0.479 e. The number of esters is 3. The van der Waals surface area contributed by atoms with Crippen LogP contribution in [0.1, 0.15) is 303 Å². The molecule has 3 N–H and O–H groups in total. The fourth-order valence-corrected chi connectivity index (χ4v) is 9.75. The monoisotopic (exact) mass is 1090 g/mol. The van der Waals surface area contributed by atoms with E-state index >= 15 is 0 Å². The quantitative estimate of drug-likeness (QED) is 0.0228. The van der Waals surface area contributed by atoms with Crippen LogP contribution in [0.3, 0.4) is 0 Å². The Labute approximate surface area is 470 Å². The van der Waals surface area contributed by atoms with Gasteiger partial charge in [0, 0.05) is 19.3 Å². The number of hydrogen-bond acceptors (Lipinski definition) is 11. The Balaban J connectivity index is 2.64. The second-order valence-corrected chi connectivity index (χ2v) is 22.0. The van der Waals surface area contributed by atoms with Gasteiger partial charge >= 0.3 is 23.9 Å². The highest BCUT2D eigenvalue weighted by atomic mass is 16.7. The van der Waals surface area contributed by atoms with E-state index in [0.717, 1.165) is 96.3 Å². The minimum absolute atomic E-state index is 0.0582. The van der Waals surface area contributed by atoms with E-state index in [2.05, 4.69) is 57.2 Å². The minimum atomic E-state index is -1.90. The van der Waals surface area contributed by atoms with Gasteiger partial charge in [0.05, 0.1) is 6.61 Å². The summed E-state index contributed by atoms with van der Waals surface area (Å²) >= 11 is 0. The highest BCUT2D eigenvalue weighted by Gasteiger charge is 2.50. The molecule has 0 aliphatic carbocycles. The highest BCUT2D eigenvalue weighted by molar-refractivity contribution is 5.74. The van der Waals surface area contributed by atoms with Crippen LogP contribution >= 0.6 is 0 Å². The molecule has 1 fully saturated rings. The zero-order chi connectivity index (χ0) is 56.1. The third-order valence-corrected chi connectivity index (χ3v) is 14.7. The van der Waals surface area contributed by atoms with Crippen LogP contribution in [-0.4, -0.2) is 89.2 Å². The van der Waals surface area contributed by atoms with Gasteiger partial charge in [-0.15, -0.1) is 0 Å². The van der Waals surface area contributed by atoms with Gasteiger partial charge in [-0.05, 0) is 77.0 Å². The van der Waals surface area contributed by atoms with Crippen molar-refractivity contribution in [2.75, 3.05) is 13.2 Å². The van der Waals surface area contributed by atoms with Crippen LogP contribution in [0.5, 0.6) is 0 Å². The smallest absolute Gasteiger partial charge is 0.335 e. The number of unbranched alkanes of at least 4 members (excludes halogenated alkanes) is 35. The first-order chi connectivity index (χ1) is 37.6. The summed E-state index contributed by atoms with van der Waals surface area (Å²) in [6, 6.07) is 0. The first-order valence-electron chi connectivity index (χ1n) is 32.0. The number of carbonyl (C=O) groups is 4. The summed E-state index contributed by atoms with van der Waals surface area (Å²) in [5.74, 6) is -3.10. The van der Waals surface area contributed by atoms with E-state index in [0.29, 0.717) is 19.3 Å². The van der Waals surface area contributed by atoms with Gasteiger partial charge < -0.3 is 39.0 Å². The van der Waals surface area contributed by atoms with Crippen LogP contribution in [0.4, 0.5) is 0 Å². The Morgan fingerprint density at radius 3 is 1.21 bits per heavy atom. The zero-order valence-corrected chi connectivity index (χ0v) is 49.5. The molecule has 0 aromatic carbocycles. The number of rotatable bonds is 55. The van der Waals surface area contributed by atoms with Gasteiger partial charge in [-0.25, -0.2) is 4.79 Å². The van der Waals surface area contributed by atoms with Crippen molar-refractivity contribution in [2.24, 2.45) is 0 Å². The standard InChI is InChI=1S/C65H116O12/c1-4-7-10-13-16-19-22-25-27-28-29-30-32-35-38-41-44-47-50-53-59(68)76-63-61(70)60(69)62(64(71)72)77-65(63)74-55-56(75-58(67)52-49-46-43-40-37-33-24-21-18-15-12-9-6-3)54-73-57(66)51-48-45-42-39-36-34-31-26-23-20-17-14-11-8-5-2/h16,19,25-27,31,56,60-63,65,69-70H,4-15,17-18,20-24,28-30,32-55H2,1-3H3,(H,71,72)/b19-16-,27-25-,31-26-. The number of aliphatic carboxylic acids is 1. The number of ether oxygens (including phenoxy) is 5. The predicted molar refractivity (Wildman–Crippen MR) is 313 cm³/mol. The Kier molecular flexibility index (Phi) is 50.1. The van der Waals surface area contributed by atoms with Crippen molar-refractivity contribution < 1.29 is 58.2 Å². The first-order valence-corrected chi connectivity index (χ1v) is 32.0. The third-order valence-electron chi connectivity index (χ3n) is 14.7. The third kappa shape index (κ3) is 43.4. The molecule has 0 radical (unpaired) electrons. The number of hydrogen-bond donors (Lipinski definition) is 3. The molecule has 12 nitrogen and oxygen atoms in total. The molecule has 1 saturated heterocycles. The summed E-state index contributed by atoms with van der Waals surface area (Å²) in [7, 11) is 0. The van der Waals surface area contributed by atoms with E-state index < -0.39 is 67.3 Å². The number of carbonyl (C=O) groups excluding carboxylic acids is 3. The maximum absolute atomic E-state index is 13.2. The van der Waals surface area contributed by atoms with Gasteiger partial charge in [0.25, 0.3) is 0 Å². The van der Waals surface area contributed by atoms with E-state index in [4.69, 9.17) is 23.7 Å². The summed E-state index contributed by atoms with van der Waals surface area (Å²) < 4.78 is 28.5. The average Bonchev–Trinajstić information content (AvgIpc) is 3.42. The van der Waals surface area contributed by atoms with E-state index in [1.165, 1.54) is 148 Å². The molecule has 6 atom stereocenters. The fraction of sp³-hybridized carbons (Fsp3) is 0.846. The summed E-state index contributed by atoms with van der Waals surface area (Å²) in [4.78, 5) is 51.2. The van der Waals surface area contributed by atoms with Crippen molar-refractivity contribution in [2.45, 2.75) is 340 Å². The van der Waals surface area contributed by atoms with Crippen molar-refractivity contribution in [1.29, 1.82) is 0 Å². The SMILES string of the molecule is CCCCC/C=C\C/C=C\CCCCCCCCCCCC(=O)OC1C(OCC(COC(=O)CCCCCCC/C=C\CCCCCCCC)OC(=O)CCCCCCCCCCCCCCC)OC(C(=O)O)C(O)C1O. The largest absolute Gasteiger partial charge is 0.479 e. The lowest BCUT2D eigenvalue weighted by atomic mass is 9.98. The van der Waals surface area contributed by atoms with Crippen LogP contribution in [0.2, 0.25) is 0 Å². The normalized spacial score (nSPS) is 18.2. The molecular weight excluding hydrogens is 973 g/mol. The number of carboxylic acid groups (broad SMARTS) is 1. The van der Waals surface area contributed by atoms with Crippen LogP contribution < -0.4 is 0 Å². The van der Waals surface area contributed by atoms with Gasteiger partial charge in [0.2, 0.25) is 0 Å². The fourth-order valence-electron chi connectivity index (χ4n) is 9.75. The van der Waals surface area contributed by atoms with Crippen molar-refractivity contribution in [3.05, 3.63) is 36.5 Å². The van der Waals surface area contributed by atoms with E-state index in [9.17, 15) is 34.5 Å². The summed E-state index contributed by atoms with van der Waals surface area (Å²) in [6.45, 7) is 5.99. The van der Waals surface area contributed by atoms with Crippen molar-refractivity contribution >= 4 is 23.9 Å². The molecule has 0 saturated carbocycles. The van der Waals surface area contributed by atoms with Gasteiger partial charge in [0.15, 0.2) is 24.6 Å². The Bertz CT molecular complexity index is 1480. The number of aliphatic hydroxyl groups is 2. The van der Waals surface area contributed by atoms with Crippen LogP contribution in [-0.2, 0) is 42.9 Å². The van der Waals surface area contributed by atoms with E-state index in [1.807, 2.05) is 0 Å². The number of allylic oxidation sites excluding steroid dienone is 6. The molecule has 1 aliphatic rings. The lowest BCUT2D eigenvalue weighted by Crippen LogP contribution is -2.61. The lowest BCUT2D eigenvalue weighted by molar-refractivity contribution is -0.301. The van der Waals surface area contributed by atoms with Gasteiger partial charge in [-0.1, -0.05) is 243 Å². The van der Waals surface area contributed by atoms with Crippen LogP contribution in [0, 0.1) is 0 Å². The van der Waals surface area contributed by atoms with Crippen LogP contribution in [0.15, 0.2) is 36.5 Å². The second-order valence-electron chi connectivity index (χ2n) is 22.0. The number of carboxylic acids is 1. The molecule has 0 aromatic heterocycles. The molecule has 0 bridgehead atoms. The predicted octanol–water partition coefficient (Wildman–Crippen LogP) is 16.8. The van der Waals surface area contributed by atoms with E-state index in [-0.39, 0.29) is 25.9 Å². The Morgan fingerprint density at radius 1 is 0.429 bits per heavy atom. The van der Waals surface area contributed by atoms with Crippen molar-refractivity contribution in [3.8, 4) is 0 Å². The molecule has 1 heterocycles. The number of aliphatic hydroxyl groups excluding tert-OH is 2. The zero-order valence-electron chi connectivity index (χ0n) is 49.5.